The highest BCUT2D eigenvalue weighted by molar-refractivity contribution is 5.42. The van der Waals surface area contributed by atoms with Crippen LogP contribution in [-0.2, 0) is 6.61 Å². The highest BCUT2D eigenvalue weighted by atomic mass is 19.1. The van der Waals surface area contributed by atoms with Crippen LogP contribution in [0.25, 0.3) is 0 Å². The van der Waals surface area contributed by atoms with Crippen molar-refractivity contribution in [2.75, 3.05) is 0 Å². The van der Waals surface area contributed by atoms with Crippen LogP contribution in [0.15, 0.2) is 36.4 Å². The fourth-order valence-corrected chi connectivity index (χ4v) is 1.73. The van der Waals surface area contributed by atoms with E-state index < -0.39 is 0 Å². The maximum absolute atomic E-state index is 13.2. The van der Waals surface area contributed by atoms with Crippen LogP contribution in [0.3, 0.4) is 0 Å². The summed E-state index contributed by atoms with van der Waals surface area (Å²) in [6.07, 6.45) is 0. The van der Waals surface area contributed by atoms with Gasteiger partial charge in [-0.05, 0) is 31.5 Å². The standard InChI is InChI=1S/C15H15FO2/c1-10-3-6-14(12(7-10)9-17)18-15-8-13(16)5-4-11(15)2/h3-8,17H,9H2,1-2H3. The molecule has 0 saturated carbocycles. The molecule has 18 heavy (non-hydrogen) atoms. The fraction of sp³-hybridized carbons (Fsp3) is 0.200. The third-order valence-corrected chi connectivity index (χ3v) is 2.76. The SMILES string of the molecule is Cc1ccc(Oc2cc(F)ccc2C)c(CO)c1. The summed E-state index contributed by atoms with van der Waals surface area (Å²) in [6, 6.07) is 9.93. The lowest BCUT2D eigenvalue weighted by Crippen LogP contribution is -1.94. The van der Waals surface area contributed by atoms with Gasteiger partial charge in [0.05, 0.1) is 6.61 Å². The second kappa shape index (κ2) is 5.19. The lowest BCUT2D eigenvalue weighted by atomic mass is 10.1. The van der Waals surface area contributed by atoms with Crippen molar-refractivity contribution in [2.24, 2.45) is 0 Å². The zero-order valence-corrected chi connectivity index (χ0v) is 10.4. The Morgan fingerprint density at radius 2 is 1.83 bits per heavy atom. The van der Waals surface area contributed by atoms with Crippen LogP contribution in [0.2, 0.25) is 0 Å². The third kappa shape index (κ3) is 2.68. The molecule has 0 heterocycles. The number of aliphatic hydroxyl groups excluding tert-OH is 1. The molecule has 0 saturated heterocycles. The van der Waals surface area contributed by atoms with E-state index in [9.17, 15) is 9.50 Å². The number of rotatable bonds is 3. The lowest BCUT2D eigenvalue weighted by Gasteiger charge is -2.12. The molecule has 0 aliphatic heterocycles. The van der Waals surface area contributed by atoms with Crippen molar-refractivity contribution < 1.29 is 14.2 Å². The molecule has 0 bridgehead atoms. The highest BCUT2D eigenvalue weighted by Crippen LogP contribution is 2.29. The first-order valence-electron chi connectivity index (χ1n) is 5.74. The molecule has 2 rings (SSSR count). The van der Waals surface area contributed by atoms with Crippen LogP contribution in [0.4, 0.5) is 4.39 Å². The van der Waals surface area contributed by atoms with E-state index in [4.69, 9.17) is 4.74 Å². The zero-order valence-electron chi connectivity index (χ0n) is 10.4. The third-order valence-electron chi connectivity index (χ3n) is 2.76. The first-order valence-corrected chi connectivity index (χ1v) is 5.74. The van der Waals surface area contributed by atoms with Gasteiger partial charge in [-0.2, -0.15) is 0 Å². The van der Waals surface area contributed by atoms with Gasteiger partial charge in [0.1, 0.15) is 17.3 Å². The fourth-order valence-electron chi connectivity index (χ4n) is 1.73. The molecule has 1 N–H and O–H groups in total. The van der Waals surface area contributed by atoms with Crippen LogP contribution in [0, 0.1) is 19.7 Å². The van der Waals surface area contributed by atoms with Crippen molar-refractivity contribution in [1.29, 1.82) is 0 Å². The largest absolute Gasteiger partial charge is 0.457 e. The van der Waals surface area contributed by atoms with E-state index >= 15 is 0 Å². The van der Waals surface area contributed by atoms with E-state index in [1.165, 1.54) is 12.1 Å². The van der Waals surface area contributed by atoms with Crippen molar-refractivity contribution >= 4 is 0 Å². The quantitative estimate of drug-likeness (QED) is 0.894. The topological polar surface area (TPSA) is 29.5 Å². The lowest BCUT2D eigenvalue weighted by molar-refractivity contribution is 0.276. The Labute approximate surface area is 106 Å². The Hall–Kier alpha value is -1.87. The molecule has 0 fully saturated rings. The van der Waals surface area contributed by atoms with Gasteiger partial charge in [-0.25, -0.2) is 4.39 Å². The Morgan fingerprint density at radius 1 is 1.06 bits per heavy atom. The average molecular weight is 246 g/mol. The molecule has 0 aliphatic carbocycles. The summed E-state index contributed by atoms with van der Waals surface area (Å²) in [5.74, 6) is 0.679. The van der Waals surface area contributed by atoms with Crippen LogP contribution in [0.5, 0.6) is 11.5 Å². The van der Waals surface area contributed by atoms with E-state index in [1.54, 1.807) is 12.1 Å². The van der Waals surface area contributed by atoms with E-state index in [-0.39, 0.29) is 12.4 Å². The second-order valence-electron chi connectivity index (χ2n) is 4.28. The number of aryl methyl sites for hydroxylation is 2. The van der Waals surface area contributed by atoms with Gasteiger partial charge in [0.15, 0.2) is 0 Å². The van der Waals surface area contributed by atoms with Crippen LogP contribution < -0.4 is 4.74 Å². The first-order chi connectivity index (χ1) is 8.60. The second-order valence-corrected chi connectivity index (χ2v) is 4.28. The number of ether oxygens (including phenoxy) is 1. The maximum atomic E-state index is 13.2. The molecule has 2 aromatic carbocycles. The Balaban J connectivity index is 2.36. The Kier molecular flexibility index (Phi) is 3.63. The monoisotopic (exact) mass is 246 g/mol. The Morgan fingerprint density at radius 3 is 2.56 bits per heavy atom. The van der Waals surface area contributed by atoms with Crippen molar-refractivity contribution in [3.63, 3.8) is 0 Å². The van der Waals surface area contributed by atoms with Crippen LogP contribution in [0.1, 0.15) is 16.7 Å². The summed E-state index contributed by atoms with van der Waals surface area (Å²) in [5, 5.41) is 9.29. The molecule has 0 unspecified atom stereocenters. The zero-order chi connectivity index (χ0) is 13.1. The molecule has 0 amide bonds. The summed E-state index contributed by atoms with van der Waals surface area (Å²) in [6.45, 7) is 3.68. The molecular formula is C15H15FO2. The first kappa shape index (κ1) is 12.6. The molecule has 0 atom stereocenters. The van der Waals surface area contributed by atoms with Crippen molar-refractivity contribution in [3.8, 4) is 11.5 Å². The van der Waals surface area contributed by atoms with Crippen molar-refractivity contribution in [1.82, 2.24) is 0 Å². The smallest absolute Gasteiger partial charge is 0.133 e. The predicted molar refractivity (Wildman–Crippen MR) is 68.3 cm³/mol. The predicted octanol–water partition coefficient (Wildman–Crippen LogP) is 3.73. The van der Waals surface area contributed by atoms with Gasteiger partial charge in [-0.15, -0.1) is 0 Å². The van der Waals surface area contributed by atoms with Crippen molar-refractivity contribution in [2.45, 2.75) is 20.5 Å². The minimum atomic E-state index is -0.340. The van der Waals surface area contributed by atoms with Crippen molar-refractivity contribution in [3.05, 3.63) is 58.9 Å². The number of hydrogen-bond donors (Lipinski definition) is 1. The summed E-state index contributed by atoms with van der Waals surface area (Å²) in [4.78, 5) is 0. The summed E-state index contributed by atoms with van der Waals surface area (Å²) >= 11 is 0. The molecule has 3 heteroatoms. The average Bonchev–Trinajstić information content (AvgIpc) is 2.36. The van der Waals surface area contributed by atoms with E-state index in [0.717, 1.165) is 11.1 Å². The molecule has 94 valence electrons. The van der Waals surface area contributed by atoms with Gasteiger partial charge in [0, 0.05) is 11.6 Å². The van der Waals surface area contributed by atoms with Crippen LogP contribution >= 0.6 is 0 Å². The maximum Gasteiger partial charge on any atom is 0.133 e. The van der Waals surface area contributed by atoms with Gasteiger partial charge in [0.2, 0.25) is 0 Å². The molecule has 0 aliphatic rings. The summed E-state index contributed by atoms with van der Waals surface area (Å²) in [7, 11) is 0. The molecule has 0 aromatic heterocycles. The van der Waals surface area contributed by atoms with Gasteiger partial charge < -0.3 is 9.84 Å². The molecule has 2 aromatic rings. The highest BCUT2D eigenvalue weighted by Gasteiger charge is 2.07. The molecule has 0 radical (unpaired) electrons. The minimum Gasteiger partial charge on any atom is -0.457 e. The minimum absolute atomic E-state index is 0.106. The summed E-state index contributed by atoms with van der Waals surface area (Å²) in [5.41, 5.74) is 2.59. The molecular weight excluding hydrogens is 231 g/mol. The normalized spacial score (nSPS) is 10.4. The Bertz CT molecular complexity index is 564. The molecule has 0 spiro atoms. The van der Waals surface area contributed by atoms with E-state index in [1.807, 2.05) is 26.0 Å². The van der Waals surface area contributed by atoms with Gasteiger partial charge >= 0.3 is 0 Å². The number of aliphatic hydroxyl groups is 1. The van der Waals surface area contributed by atoms with Crippen LogP contribution in [-0.4, -0.2) is 5.11 Å². The summed E-state index contributed by atoms with van der Waals surface area (Å²) < 4.78 is 18.8. The van der Waals surface area contributed by atoms with Gasteiger partial charge in [-0.1, -0.05) is 23.8 Å². The van der Waals surface area contributed by atoms with Gasteiger partial charge in [0.25, 0.3) is 0 Å². The van der Waals surface area contributed by atoms with E-state index in [2.05, 4.69) is 0 Å². The number of benzene rings is 2. The number of hydrogen-bond acceptors (Lipinski definition) is 2. The number of halogens is 1. The van der Waals surface area contributed by atoms with Gasteiger partial charge in [-0.3, -0.25) is 0 Å². The van der Waals surface area contributed by atoms with E-state index in [0.29, 0.717) is 17.1 Å². The molecule has 2 nitrogen and oxygen atoms in total.